The quantitative estimate of drug-likeness (QED) is 0.436. The van der Waals surface area contributed by atoms with Gasteiger partial charge in [-0.25, -0.2) is 0 Å². The second-order valence-corrected chi connectivity index (χ2v) is 11.4. The molecule has 3 fully saturated rings. The van der Waals surface area contributed by atoms with Crippen LogP contribution < -0.4 is 15.6 Å². The van der Waals surface area contributed by atoms with Crippen LogP contribution in [-0.4, -0.2) is 27.5 Å². The smallest absolute Gasteiger partial charge is 0.269 e. The highest BCUT2D eigenvalue weighted by molar-refractivity contribution is 9.24. The lowest BCUT2D eigenvalue weighted by atomic mass is 9.43. The molecule has 3 unspecified atom stereocenters. The first-order valence-corrected chi connectivity index (χ1v) is 11.1. The maximum atomic E-state index is 13.0. The Morgan fingerprint density at radius 3 is 2.23 bits per heavy atom. The molecule has 0 aromatic heterocycles. The van der Waals surface area contributed by atoms with Gasteiger partial charge < -0.3 is 4.74 Å². The van der Waals surface area contributed by atoms with Crippen molar-refractivity contribution in [2.75, 3.05) is 7.11 Å². The average Bonchev–Trinajstić information content (AvgIpc) is 3.09. The van der Waals surface area contributed by atoms with Gasteiger partial charge in [-0.15, -0.1) is 0 Å². The third-order valence-corrected chi connectivity index (χ3v) is 9.77. The summed E-state index contributed by atoms with van der Waals surface area (Å²) < 4.78 is 5.19. The van der Waals surface area contributed by atoms with E-state index in [2.05, 4.69) is 72.5 Å². The third kappa shape index (κ3) is 2.44. The number of hydrogen-bond acceptors (Lipinski definition) is 3. The van der Waals surface area contributed by atoms with Crippen LogP contribution in [0.1, 0.15) is 37.0 Å². The van der Waals surface area contributed by atoms with E-state index in [0.29, 0.717) is 11.3 Å². The monoisotopic (exact) mass is 550 g/mol. The van der Waals surface area contributed by atoms with Crippen molar-refractivity contribution in [3.8, 4) is 5.75 Å². The third-order valence-electron chi connectivity index (χ3n) is 6.53. The first-order valence-electron chi connectivity index (χ1n) is 8.32. The number of hydrogen-bond donors (Lipinski definition) is 2. The van der Waals surface area contributed by atoms with E-state index in [4.69, 9.17) is 4.74 Å². The molecular weight excluding hydrogens is 532 g/mol. The molecule has 2 bridgehead atoms. The first-order chi connectivity index (χ1) is 12.1. The SMILES string of the molecule is COc1ccc(C(=O)NNC(=O)C23CCC(C(Br)Br)(C2Br)C3(C)C)cc1. The highest BCUT2D eigenvalue weighted by atomic mass is 79.9. The van der Waals surface area contributed by atoms with Gasteiger partial charge in [0, 0.05) is 15.8 Å². The van der Waals surface area contributed by atoms with Gasteiger partial charge in [-0.1, -0.05) is 61.6 Å². The molecule has 0 heterocycles. The highest BCUT2D eigenvalue weighted by Crippen LogP contribution is 2.82. The maximum Gasteiger partial charge on any atom is 0.269 e. The van der Waals surface area contributed by atoms with Gasteiger partial charge in [0.15, 0.2) is 0 Å². The standard InChI is InChI=1S/C18H21Br3N2O3/c1-16(2)17(14(20)21)8-9-18(16,13(17)19)15(25)23-22-12(24)10-4-6-11(26-3)7-5-10/h4-7,13-14H,8-9H2,1-3H3,(H,22,24)(H,23,25). The minimum absolute atomic E-state index is 0.0270. The van der Waals surface area contributed by atoms with Crippen LogP contribution in [0.3, 0.4) is 0 Å². The molecule has 1 aromatic rings. The van der Waals surface area contributed by atoms with Gasteiger partial charge in [0.05, 0.1) is 16.3 Å². The molecule has 2 N–H and O–H groups in total. The number of carbonyl (C=O) groups excluding carboxylic acids is 2. The largest absolute Gasteiger partial charge is 0.497 e. The minimum Gasteiger partial charge on any atom is -0.497 e. The van der Waals surface area contributed by atoms with E-state index in [1.54, 1.807) is 31.4 Å². The summed E-state index contributed by atoms with van der Waals surface area (Å²) in [6.07, 6.45) is 1.70. The van der Waals surface area contributed by atoms with Gasteiger partial charge in [0.2, 0.25) is 5.91 Å². The van der Waals surface area contributed by atoms with E-state index in [1.807, 2.05) is 0 Å². The molecule has 0 aliphatic heterocycles. The molecule has 3 atom stereocenters. The fourth-order valence-electron chi connectivity index (χ4n) is 4.74. The predicted molar refractivity (Wildman–Crippen MR) is 111 cm³/mol. The van der Waals surface area contributed by atoms with E-state index in [-0.39, 0.29) is 31.2 Å². The fraction of sp³-hybridized carbons (Fsp3) is 0.556. The Kier molecular flexibility index (Phi) is 5.25. The van der Waals surface area contributed by atoms with Crippen molar-refractivity contribution in [2.24, 2.45) is 16.2 Å². The zero-order valence-electron chi connectivity index (χ0n) is 14.7. The molecule has 0 saturated heterocycles. The fourth-order valence-corrected chi connectivity index (χ4v) is 9.65. The van der Waals surface area contributed by atoms with Crippen LogP contribution in [0.15, 0.2) is 24.3 Å². The number of ether oxygens (including phenoxy) is 1. The number of benzene rings is 1. The number of amides is 2. The van der Waals surface area contributed by atoms with Crippen LogP contribution in [0.2, 0.25) is 0 Å². The second-order valence-electron chi connectivity index (χ2n) is 7.44. The Bertz CT molecular complexity index is 738. The molecule has 8 heteroatoms. The number of alkyl halides is 3. The van der Waals surface area contributed by atoms with Gasteiger partial charge in [0.1, 0.15) is 5.75 Å². The van der Waals surface area contributed by atoms with Crippen molar-refractivity contribution in [2.45, 2.75) is 35.3 Å². The molecule has 0 spiro atoms. The Balaban J connectivity index is 1.70. The molecular formula is C18H21Br3N2O3. The van der Waals surface area contributed by atoms with Crippen LogP contribution in [0.25, 0.3) is 0 Å². The average molecular weight is 553 g/mol. The van der Waals surface area contributed by atoms with Crippen LogP contribution >= 0.6 is 47.8 Å². The summed E-state index contributed by atoms with van der Waals surface area (Å²) >= 11 is 11.1. The molecule has 0 radical (unpaired) electrons. The Morgan fingerprint density at radius 2 is 1.77 bits per heavy atom. The molecule has 5 nitrogen and oxygen atoms in total. The Morgan fingerprint density at radius 1 is 1.15 bits per heavy atom. The molecule has 142 valence electrons. The van der Waals surface area contributed by atoms with Crippen LogP contribution in [0.5, 0.6) is 5.75 Å². The van der Waals surface area contributed by atoms with Gasteiger partial charge in [-0.05, 0) is 42.5 Å². The molecule has 4 rings (SSSR count). The summed E-state index contributed by atoms with van der Waals surface area (Å²) in [6, 6.07) is 6.72. The van der Waals surface area contributed by atoms with Crippen molar-refractivity contribution < 1.29 is 14.3 Å². The van der Waals surface area contributed by atoms with E-state index >= 15 is 0 Å². The van der Waals surface area contributed by atoms with Crippen LogP contribution in [0.4, 0.5) is 0 Å². The number of rotatable bonds is 4. The number of hydrazine groups is 1. The van der Waals surface area contributed by atoms with Gasteiger partial charge in [0.25, 0.3) is 5.91 Å². The van der Waals surface area contributed by atoms with Gasteiger partial charge in [-0.3, -0.25) is 20.4 Å². The van der Waals surface area contributed by atoms with Crippen LogP contribution in [0, 0.1) is 16.2 Å². The van der Waals surface area contributed by atoms with Crippen molar-refractivity contribution in [1.82, 2.24) is 10.9 Å². The van der Waals surface area contributed by atoms with Crippen molar-refractivity contribution in [3.05, 3.63) is 29.8 Å². The lowest BCUT2D eigenvalue weighted by molar-refractivity contribution is -0.162. The zero-order chi connectivity index (χ0) is 19.3. The number of carbonyl (C=O) groups is 2. The summed E-state index contributed by atoms with van der Waals surface area (Å²) in [5.41, 5.74) is 4.81. The molecule has 26 heavy (non-hydrogen) atoms. The summed E-state index contributed by atoms with van der Waals surface area (Å²) in [5.74, 6) is 0.160. The summed E-state index contributed by atoms with van der Waals surface area (Å²) in [6.45, 7) is 4.25. The summed E-state index contributed by atoms with van der Waals surface area (Å²) in [5, 5.41) is 0. The minimum atomic E-state index is -0.556. The Hall–Kier alpha value is -0.600. The normalized spacial score (nSPS) is 31.3. The highest BCUT2D eigenvalue weighted by Gasteiger charge is 2.83. The van der Waals surface area contributed by atoms with E-state index in [0.717, 1.165) is 12.8 Å². The van der Waals surface area contributed by atoms with E-state index in [1.165, 1.54) is 0 Å². The molecule has 3 saturated carbocycles. The Labute approximate surface area is 178 Å². The van der Waals surface area contributed by atoms with Crippen LogP contribution in [-0.2, 0) is 4.79 Å². The topological polar surface area (TPSA) is 67.4 Å². The van der Waals surface area contributed by atoms with Gasteiger partial charge in [-0.2, -0.15) is 0 Å². The number of nitrogens with one attached hydrogen (secondary N) is 2. The number of fused-ring (bicyclic) bond motifs is 1. The van der Waals surface area contributed by atoms with Gasteiger partial charge >= 0.3 is 0 Å². The number of halogens is 3. The lowest BCUT2D eigenvalue weighted by Gasteiger charge is -2.66. The molecule has 1 aromatic carbocycles. The van der Waals surface area contributed by atoms with Crippen molar-refractivity contribution in [3.63, 3.8) is 0 Å². The van der Waals surface area contributed by atoms with Crippen molar-refractivity contribution in [1.29, 1.82) is 0 Å². The molecule has 3 aliphatic carbocycles. The molecule has 2 amide bonds. The van der Waals surface area contributed by atoms with Crippen molar-refractivity contribution >= 4 is 59.6 Å². The summed E-state index contributed by atoms with van der Waals surface area (Å²) in [7, 11) is 1.57. The zero-order valence-corrected chi connectivity index (χ0v) is 19.5. The lowest BCUT2D eigenvalue weighted by Crippen LogP contribution is -2.72. The first kappa shape index (κ1) is 20.1. The van der Waals surface area contributed by atoms with E-state index in [9.17, 15) is 9.59 Å². The number of methoxy groups -OCH3 is 1. The maximum absolute atomic E-state index is 13.0. The van der Waals surface area contributed by atoms with E-state index < -0.39 is 5.41 Å². The summed E-state index contributed by atoms with van der Waals surface area (Å²) in [4.78, 5) is 25.4. The molecule has 3 aliphatic rings. The second kappa shape index (κ2) is 6.78. The predicted octanol–water partition coefficient (Wildman–Crippen LogP) is 4.14.